The van der Waals surface area contributed by atoms with Gasteiger partial charge in [-0.3, -0.25) is 0 Å². The van der Waals surface area contributed by atoms with Gasteiger partial charge in [0, 0.05) is 11.5 Å². The van der Waals surface area contributed by atoms with E-state index >= 15 is 0 Å². The van der Waals surface area contributed by atoms with E-state index in [2.05, 4.69) is 12.2 Å². The van der Waals surface area contributed by atoms with E-state index in [-0.39, 0.29) is 0 Å². The monoisotopic (exact) mass is 260 g/mol. The number of rotatable bonds is 9. The fourth-order valence-corrected chi connectivity index (χ4v) is 3.03. The van der Waals surface area contributed by atoms with Gasteiger partial charge in [-0.25, -0.2) is 0 Å². The highest BCUT2D eigenvalue weighted by Crippen LogP contribution is 2.25. The molecule has 16 heavy (non-hydrogen) atoms. The molecule has 0 rings (SSSR count). The smallest absolute Gasteiger partial charge is 0.340 e. The van der Waals surface area contributed by atoms with Crippen molar-refractivity contribution in [1.29, 1.82) is 0 Å². The van der Waals surface area contributed by atoms with Gasteiger partial charge in [0.05, 0.1) is 27.1 Å². The molecule has 0 aromatic heterocycles. The number of methoxy groups -OCH3 is 2. The zero-order chi connectivity index (χ0) is 12.2. The summed E-state index contributed by atoms with van der Waals surface area (Å²) in [6.07, 6.45) is 7.92. The molecule has 0 amide bonds. The minimum absolute atomic E-state index is 0.937. The van der Waals surface area contributed by atoms with Crippen molar-refractivity contribution in [2.75, 3.05) is 25.7 Å². The summed E-state index contributed by atoms with van der Waals surface area (Å²) in [6.45, 7) is 3.76. The first-order valence-electron chi connectivity index (χ1n) is 5.18. The van der Waals surface area contributed by atoms with Crippen molar-refractivity contribution in [1.82, 2.24) is 0 Å². The van der Waals surface area contributed by atoms with E-state index in [0.29, 0.717) is 0 Å². The number of allylic oxidation sites excluding steroid dienone is 4. The third-order valence-electron chi connectivity index (χ3n) is 1.96. The van der Waals surface area contributed by atoms with Crippen LogP contribution in [0.1, 0.15) is 26.7 Å². The SMILES string of the molecule is C[C+]=C(CCSSCCC(=[C+]C)OC)OC. The second-order valence-electron chi connectivity index (χ2n) is 2.90. The van der Waals surface area contributed by atoms with Crippen LogP contribution >= 0.6 is 21.6 Å². The number of ether oxygens (including phenoxy) is 2. The topological polar surface area (TPSA) is 18.5 Å². The Kier molecular flexibility index (Phi) is 10.8. The van der Waals surface area contributed by atoms with Crippen molar-refractivity contribution < 1.29 is 9.47 Å². The molecule has 0 aromatic carbocycles. The van der Waals surface area contributed by atoms with Crippen molar-refractivity contribution in [3.05, 3.63) is 23.7 Å². The first-order chi connectivity index (χ1) is 7.78. The largest absolute Gasteiger partial charge is 0.460 e. The number of hydrogen-bond acceptors (Lipinski definition) is 4. The quantitative estimate of drug-likeness (QED) is 0.271. The Morgan fingerprint density at radius 2 is 1.25 bits per heavy atom. The summed E-state index contributed by atoms with van der Waals surface area (Å²) in [4.78, 5) is 0. The Labute approximate surface area is 107 Å². The van der Waals surface area contributed by atoms with Gasteiger partial charge >= 0.3 is 11.5 Å². The predicted octanol–water partition coefficient (Wildman–Crippen LogP) is 3.85. The van der Waals surface area contributed by atoms with E-state index in [1.807, 2.05) is 35.4 Å². The summed E-state index contributed by atoms with van der Waals surface area (Å²) < 4.78 is 10.3. The van der Waals surface area contributed by atoms with E-state index in [1.54, 1.807) is 14.2 Å². The standard InChI is InChI=1S/C12H20O2S2/c1-5-11(13-3)7-9-15-16-10-8-12(6-2)14-4/h7-10H2,1-4H3/q+2. The summed E-state index contributed by atoms with van der Waals surface area (Å²) in [6, 6.07) is 0. The fraction of sp³-hybridized carbons (Fsp3) is 0.667. The van der Waals surface area contributed by atoms with Crippen LogP contribution in [0.5, 0.6) is 0 Å². The Bertz CT molecular complexity index is 201. The molecule has 0 heterocycles. The molecule has 0 spiro atoms. The molecular weight excluding hydrogens is 240 g/mol. The van der Waals surface area contributed by atoms with Crippen LogP contribution in [-0.2, 0) is 9.47 Å². The molecule has 0 saturated heterocycles. The summed E-state index contributed by atoms with van der Waals surface area (Å²) in [5.74, 6) is 3.98. The molecule has 0 aliphatic heterocycles. The first kappa shape index (κ1) is 15.6. The maximum atomic E-state index is 5.13. The van der Waals surface area contributed by atoms with Gasteiger partial charge in [0.25, 0.3) is 12.2 Å². The lowest BCUT2D eigenvalue weighted by atomic mass is 10.4. The average Bonchev–Trinajstić information content (AvgIpc) is 2.33. The lowest BCUT2D eigenvalue weighted by Gasteiger charge is -1.99. The molecular formula is C12H20O2S2+2. The van der Waals surface area contributed by atoms with Crippen molar-refractivity contribution in [3.8, 4) is 0 Å². The lowest BCUT2D eigenvalue weighted by Crippen LogP contribution is -1.90. The van der Waals surface area contributed by atoms with Crippen molar-refractivity contribution in [3.63, 3.8) is 0 Å². The Balaban J connectivity index is 3.41. The van der Waals surface area contributed by atoms with Crippen molar-refractivity contribution in [2.24, 2.45) is 0 Å². The van der Waals surface area contributed by atoms with Crippen molar-refractivity contribution in [2.45, 2.75) is 26.7 Å². The second kappa shape index (κ2) is 11.1. The molecule has 0 aliphatic carbocycles. The first-order valence-corrected chi connectivity index (χ1v) is 7.66. The molecule has 0 fully saturated rings. The van der Waals surface area contributed by atoms with E-state index < -0.39 is 0 Å². The van der Waals surface area contributed by atoms with Crippen LogP contribution in [0, 0.1) is 12.2 Å². The van der Waals surface area contributed by atoms with Gasteiger partial charge in [0.2, 0.25) is 0 Å². The van der Waals surface area contributed by atoms with Crippen LogP contribution in [0.4, 0.5) is 0 Å². The van der Waals surface area contributed by atoms with E-state index in [1.165, 1.54) is 0 Å². The fourth-order valence-electron chi connectivity index (χ4n) is 1.04. The third-order valence-corrected chi connectivity index (χ3v) is 4.37. The molecule has 0 N–H and O–H groups in total. The van der Waals surface area contributed by atoms with Crippen LogP contribution in [-0.4, -0.2) is 25.7 Å². The molecule has 0 radical (unpaired) electrons. The summed E-state index contributed by atoms with van der Waals surface area (Å²) in [7, 11) is 7.09. The molecule has 0 aliphatic rings. The van der Waals surface area contributed by atoms with Crippen LogP contribution in [0.3, 0.4) is 0 Å². The Hall–Kier alpha value is -0.400. The molecule has 0 atom stereocenters. The molecule has 2 nitrogen and oxygen atoms in total. The van der Waals surface area contributed by atoms with E-state index in [0.717, 1.165) is 35.9 Å². The second-order valence-corrected chi connectivity index (χ2v) is 5.60. The highest BCUT2D eigenvalue weighted by molar-refractivity contribution is 8.76. The van der Waals surface area contributed by atoms with Crippen LogP contribution in [0.15, 0.2) is 11.5 Å². The van der Waals surface area contributed by atoms with Crippen molar-refractivity contribution >= 4 is 21.6 Å². The van der Waals surface area contributed by atoms with Gasteiger partial charge in [0.15, 0.2) is 13.8 Å². The van der Waals surface area contributed by atoms with E-state index in [4.69, 9.17) is 9.47 Å². The maximum absolute atomic E-state index is 5.13. The molecule has 4 heteroatoms. The normalized spacial score (nSPS) is 11.8. The zero-order valence-electron chi connectivity index (χ0n) is 10.5. The highest BCUT2D eigenvalue weighted by atomic mass is 33.1. The minimum Gasteiger partial charge on any atom is -0.460 e. The number of hydrogen-bond donors (Lipinski definition) is 0. The summed E-state index contributed by atoms with van der Waals surface area (Å²) >= 11 is 0. The van der Waals surface area contributed by atoms with Gasteiger partial charge in [-0.2, -0.15) is 0 Å². The molecule has 0 saturated carbocycles. The maximum Gasteiger partial charge on any atom is 0.340 e. The van der Waals surface area contributed by atoms with Gasteiger partial charge < -0.3 is 9.47 Å². The van der Waals surface area contributed by atoms with Gasteiger partial charge in [0.1, 0.15) is 0 Å². The van der Waals surface area contributed by atoms with Gasteiger partial charge in [-0.15, -0.1) is 0 Å². The van der Waals surface area contributed by atoms with Gasteiger partial charge in [-0.05, 0) is 0 Å². The van der Waals surface area contributed by atoms with Crippen LogP contribution in [0.2, 0.25) is 0 Å². The van der Waals surface area contributed by atoms with Crippen LogP contribution in [0.25, 0.3) is 0 Å². The average molecular weight is 260 g/mol. The third kappa shape index (κ3) is 7.84. The molecule has 90 valence electrons. The van der Waals surface area contributed by atoms with Gasteiger partial charge in [-0.1, -0.05) is 21.6 Å². The summed E-state index contributed by atoms with van der Waals surface area (Å²) in [5.41, 5.74) is 0. The Morgan fingerprint density at radius 1 is 0.875 bits per heavy atom. The van der Waals surface area contributed by atoms with Crippen LogP contribution < -0.4 is 0 Å². The Morgan fingerprint density at radius 3 is 1.50 bits per heavy atom. The molecule has 0 unspecified atom stereocenters. The predicted molar refractivity (Wildman–Crippen MR) is 73.0 cm³/mol. The molecule has 0 bridgehead atoms. The lowest BCUT2D eigenvalue weighted by molar-refractivity contribution is 0.278. The summed E-state index contributed by atoms with van der Waals surface area (Å²) in [5, 5.41) is 0. The van der Waals surface area contributed by atoms with E-state index in [9.17, 15) is 0 Å². The highest BCUT2D eigenvalue weighted by Gasteiger charge is 2.08. The molecule has 0 aromatic rings. The zero-order valence-corrected chi connectivity index (χ0v) is 12.1. The minimum atomic E-state index is 0.937.